The highest BCUT2D eigenvalue weighted by molar-refractivity contribution is 5.73. The van der Waals surface area contributed by atoms with E-state index in [4.69, 9.17) is 0 Å². The van der Waals surface area contributed by atoms with Crippen LogP contribution in [-0.2, 0) is 0 Å². The molecule has 3 rings (SSSR count). The van der Waals surface area contributed by atoms with E-state index in [1.807, 2.05) is 0 Å². The third kappa shape index (κ3) is 4.56. The van der Waals surface area contributed by atoms with Crippen molar-refractivity contribution in [1.82, 2.24) is 0 Å². The highest BCUT2D eigenvalue weighted by Gasteiger charge is 2.11. The molecule has 0 saturated carbocycles. The van der Waals surface area contributed by atoms with Crippen LogP contribution in [0.4, 0.5) is 30.7 Å². The van der Waals surface area contributed by atoms with Gasteiger partial charge in [0.2, 0.25) is 0 Å². The molecule has 7 heteroatoms. The molecule has 0 radical (unpaired) electrons. The third-order valence-corrected chi connectivity index (χ3v) is 4.10. The smallest absolute Gasteiger partial charge is 0.206 e. The fourth-order valence-electron chi connectivity index (χ4n) is 2.62. The van der Waals surface area contributed by atoms with Gasteiger partial charge in [-0.1, -0.05) is 48.6 Å². The van der Waals surface area contributed by atoms with E-state index < -0.39 is 35.2 Å². The van der Waals surface area contributed by atoms with Crippen LogP contribution in [-0.4, -0.2) is 0 Å². The minimum atomic E-state index is -2.43. The summed E-state index contributed by atoms with van der Waals surface area (Å²) in [5.41, 5.74) is 0.695. The number of rotatable bonds is 4. The van der Waals surface area contributed by atoms with E-state index in [0.29, 0.717) is 11.1 Å². The van der Waals surface area contributed by atoms with Crippen molar-refractivity contribution in [3.63, 3.8) is 0 Å². The minimum Gasteiger partial charge on any atom is -0.206 e. The van der Waals surface area contributed by atoms with Gasteiger partial charge in [0.05, 0.1) is 0 Å². The van der Waals surface area contributed by atoms with Gasteiger partial charge in [-0.05, 0) is 34.9 Å². The summed E-state index contributed by atoms with van der Waals surface area (Å²) in [7, 11) is 0. The van der Waals surface area contributed by atoms with E-state index in [2.05, 4.69) is 0 Å². The van der Waals surface area contributed by atoms with Crippen LogP contribution in [0.2, 0.25) is 0 Å². The van der Waals surface area contributed by atoms with Gasteiger partial charge in [0.15, 0.2) is 23.3 Å². The maximum Gasteiger partial charge on any atom is 0.306 e. The van der Waals surface area contributed by atoms with E-state index >= 15 is 0 Å². The Morgan fingerprint density at radius 1 is 0.621 bits per heavy atom. The fraction of sp³-hybridized carbons (Fsp3) is 0. The predicted octanol–water partition coefficient (Wildman–Crippen LogP) is 7.62. The Balaban J connectivity index is 1.84. The molecule has 0 aromatic heterocycles. The molecule has 0 spiro atoms. The molecule has 0 aliphatic heterocycles. The molecule has 0 nitrogen and oxygen atoms in total. The molecule has 0 heterocycles. The van der Waals surface area contributed by atoms with E-state index in [-0.39, 0.29) is 16.7 Å². The Morgan fingerprint density at radius 2 is 1.21 bits per heavy atom. The summed E-state index contributed by atoms with van der Waals surface area (Å²) in [6.07, 6.45) is 0.0540. The topological polar surface area (TPSA) is 0 Å². The van der Waals surface area contributed by atoms with Crippen LogP contribution in [0.5, 0.6) is 0 Å². The molecule has 0 N–H and O–H groups in total. The number of hydrogen-bond acceptors (Lipinski definition) is 0. The third-order valence-electron chi connectivity index (χ3n) is 4.10. The van der Waals surface area contributed by atoms with Crippen molar-refractivity contribution >= 4 is 18.0 Å². The Morgan fingerprint density at radius 3 is 1.76 bits per heavy atom. The van der Waals surface area contributed by atoms with Crippen LogP contribution in [0, 0.1) is 23.3 Å². The Hall–Kier alpha value is -3.35. The van der Waals surface area contributed by atoms with Crippen LogP contribution in [0.25, 0.3) is 29.1 Å². The maximum atomic E-state index is 14.3. The van der Waals surface area contributed by atoms with Gasteiger partial charge in [-0.15, -0.1) is 0 Å². The molecular formula is C22H11F7. The van der Waals surface area contributed by atoms with Crippen LogP contribution in [0.3, 0.4) is 0 Å². The summed E-state index contributed by atoms with van der Waals surface area (Å²) >= 11 is 0. The van der Waals surface area contributed by atoms with Crippen molar-refractivity contribution in [2.75, 3.05) is 0 Å². The quantitative estimate of drug-likeness (QED) is 0.237. The number of benzene rings is 3. The Bertz CT molecular complexity index is 1090. The molecule has 3 aromatic rings. The van der Waals surface area contributed by atoms with Gasteiger partial charge in [-0.3, -0.25) is 0 Å². The van der Waals surface area contributed by atoms with E-state index in [1.54, 1.807) is 0 Å². The van der Waals surface area contributed by atoms with Crippen molar-refractivity contribution in [1.29, 1.82) is 0 Å². The van der Waals surface area contributed by atoms with Crippen LogP contribution in [0.1, 0.15) is 16.7 Å². The number of hydrogen-bond donors (Lipinski definition) is 0. The molecule has 0 amide bonds. The average Bonchev–Trinajstić information content (AvgIpc) is 2.70. The molecule has 3 aromatic carbocycles. The summed E-state index contributed by atoms with van der Waals surface area (Å²) in [6, 6.07) is 10.7. The zero-order valence-corrected chi connectivity index (χ0v) is 14.5. The lowest BCUT2D eigenvalue weighted by Crippen LogP contribution is -1.91. The molecule has 0 unspecified atom stereocenters. The second-order valence-corrected chi connectivity index (χ2v) is 6.02. The van der Waals surface area contributed by atoms with Gasteiger partial charge in [-0.2, -0.15) is 8.78 Å². The van der Waals surface area contributed by atoms with Crippen LogP contribution >= 0.6 is 0 Å². The molecule has 0 aliphatic rings. The highest BCUT2D eigenvalue weighted by Crippen LogP contribution is 2.27. The Kier molecular flexibility index (Phi) is 5.87. The molecule has 0 atom stereocenters. The first-order valence-electron chi connectivity index (χ1n) is 8.20. The second-order valence-electron chi connectivity index (χ2n) is 6.02. The summed E-state index contributed by atoms with van der Waals surface area (Å²) in [6.45, 7) is 0. The zero-order valence-electron chi connectivity index (χ0n) is 14.5. The first-order valence-corrected chi connectivity index (χ1v) is 8.20. The van der Waals surface area contributed by atoms with E-state index in [1.165, 1.54) is 42.5 Å². The average molecular weight is 408 g/mol. The summed E-state index contributed by atoms with van der Waals surface area (Å²) < 4.78 is 91.5. The summed E-state index contributed by atoms with van der Waals surface area (Å²) in [5, 5.41) is 0. The molecule has 0 saturated heterocycles. The van der Waals surface area contributed by atoms with Crippen molar-refractivity contribution < 1.29 is 30.7 Å². The summed E-state index contributed by atoms with van der Waals surface area (Å²) in [4.78, 5) is 0. The van der Waals surface area contributed by atoms with Crippen molar-refractivity contribution in [2.45, 2.75) is 0 Å². The van der Waals surface area contributed by atoms with Crippen molar-refractivity contribution in [3.05, 3.63) is 101 Å². The molecule has 0 bridgehead atoms. The van der Waals surface area contributed by atoms with Gasteiger partial charge in [-0.25, -0.2) is 22.0 Å². The van der Waals surface area contributed by atoms with Crippen molar-refractivity contribution in [3.8, 4) is 11.1 Å². The van der Waals surface area contributed by atoms with Gasteiger partial charge >= 0.3 is 6.08 Å². The van der Waals surface area contributed by atoms with Gasteiger partial charge in [0.25, 0.3) is 0 Å². The first kappa shape index (κ1) is 20.4. The van der Waals surface area contributed by atoms with Crippen LogP contribution in [0.15, 0.2) is 60.7 Å². The molecule has 148 valence electrons. The molecule has 0 aliphatic carbocycles. The normalized spacial score (nSPS) is 11.1. The molecular weight excluding hydrogens is 397 g/mol. The van der Waals surface area contributed by atoms with Gasteiger partial charge in [0.1, 0.15) is 5.82 Å². The molecule has 0 fully saturated rings. The minimum absolute atomic E-state index is 0.00985. The number of halogens is 7. The summed E-state index contributed by atoms with van der Waals surface area (Å²) in [5.74, 6) is -6.59. The van der Waals surface area contributed by atoms with Crippen LogP contribution < -0.4 is 0 Å². The monoisotopic (exact) mass is 408 g/mol. The first-order chi connectivity index (χ1) is 13.8. The predicted molar refractivity (Wildman–Crippen MR) is 97.3 cm³/mol. The lowest BCUT2D eigenvalue weighted by Gasteiger charge is -2.05. The second kappa shape index (κ2) is 8.34. The fourth-order valence-corrected chi connectivity index (χ4v) is 2.62. The molecule has 29 heavy (non-hydrogen) atoms. The highest BCUT2D eigenvalue weighted by atomic mass is 19.3. The lowest BCUT2D eigenvalue weighted by atomic mass is 10.0. The Labute approximate surface area is 161 Å². The largest absolute Gasteiger partial charge is 0.306 e. The van der Waals surface area contributed by atoms with E-state index in [9.17, 15) is 30.7 Å². The van der Waals surface area contributed by atoms with Gasteiger partial charge < -0.3 is 0 Å². The SMILES string of the molecule is FC(F)=C(F)c1ccc(-c2ccc(/C=C/c3cc(F)c(F)c(F)c3)c(F)c2)cc1. The zero-order chi connectivity index (χ0) is 21.1. The van der Waals surface area contributed by atoms with E-state index in [0.717, 1.165) is 24.3 Å². The standard InChI is InChI=1S/C22H11F7/c23-17-11-16(13-3-6-15(7-4-13)20(26)22(28)29)8-5-14(17)2-1-12-9-18(24)21(27)19(25)10-12/h1-11H/b2-1+. The van der Waals surface area contributed by atoms with Gasteiger partial charge in [0, 0.05) is 11.1 Å². The maximum absolute atomic E-state index is 14.3. The van der Waals surface area contributed by atoms with Crippen molar-refractivity contribution in [2.24, 2.45) is 0 Å². The lowest BCUT2D eigenvalue weighted by molar-refractivity contribution is 0.410.